The number of rotatable bonds is 6. The first-order valence-electron chi connectivity index (χ1n) is 8.46. The average molecular weight is 400 g/mol. The minimum absolute atomic E-state index is 0.383. The summed E-state index contributed by atoms with van der Waals surface area (Å²) in [5, 5.41) is 3.92. The first-order chi connectivity index (χ1) is 13.0. The van der Waals surface area contributed by atoms with Crippen LogP contribution in [0, 0.1) is 0 Å². The summed E-state index contributed by atoms with van der Waals surface area (Å²) in [4.78, 5) is 17.0. The van der Waals surface area contributed by atoms with E-state index in [0.29, 0.717) is 27.8 Å². The highest BCUT2D eigenvalue weighted by atomic mass is 35.5. The molecule has 0 bridgehead atoms. The largest absolute Gasteiger partial charge is 0.369 e. The van der Waals surface area contributed by atoms with E-state index < -0.39 is 11.8 Å². The molecule has 1 unspecified atom stereocenters. The Balaban J connectivity index is 2.12. The summed E-state index contributed by atoms with van der Waals surface area (Å²) in [5.41, 5.74) is 9.53. The van der Waals surface area contributed by atoms with Gasteiger partial charge in [-0.25, -0.2) is 0 Å². The molecule has 0 aliphatic heterocycles. The third-order valence-corrected chi connectivity index (χ3v) is 4.96. The fraction of sp³-hybridized carbons (Fsp3) is 0.143. The number of primary amides is 1. The molecule has 3 aromatic rings. The van der Waals surface area contributed by atoms with E-state index in [-0.39, 0.29) is 0 Å². The highest BCUT2D eigenvalue weighted by molar-refractivity contribution is 6.36. The number of carbonyl (C=O) groups is 1. The number of amides is 1. The number of pyridine rings is 1. The second-order valence-electron chi connectivity index (χ2n) is 6.11. The van der Waals surface area contributed by atoms with E-state index >= 15 is 0 Å². The maximum atomic E-state index is 12.3. The van der Waals surface area contributed by atoms with Crippen LogP contribution in [0.15, 0.2) is 60.7 Å². The molecule has 1 atom stereocenters. The van der Waals surface area contributed by atoms with Crippen molar-refractivity contribution in [1.29, 1.82) is 0 Å². The summed E-state index contributed by atoms with van der Waals surface area (Å²) in [6, 6.07) is 18.6. The molecular weight excluding hydrogens is 381 g/mol. The van der Waals surface area contributed by atoms with Crippen LogP contribution in [0.5, 0.6) is 0 Å². The maximum Gasteiger partial charge on any atom is 0.231 e. The van der Waals surface area contributed by atoms with Crippen LogP contribution in [0.4, 0.5) is 0 Å². The van der Waals surface area contributed by atoms with Gasteiger partial charge in [-0.15, -0.1) is 0 Å². The van der Waals surface area contributed by atoms with Crippen LogP contribution in [-0.2, 0) is 11.3 Å². The van der Waals surface area contributed by atoms with Gasteiger partial charge < -0.3 is 11.1 Å². The van der Waals surface area contributed by atoms with Crippen molar-refractivity contribution in [3.8, 4) is 11.3 Å². The van der Waals surface area contributed by atoms with Gasteiger partial charge in [0, 0.05) is 27.7 Å². The first-order valence-corrected chi connectivity index (χ1v) is 9.21. The number of halogens is 2. The predicted molar refractivity (Wildman–Crippen MR) is 110 cm³/mol. The Bertz CT molecular complexity index is 955. The molecule has 0 radical (unpaired) electrons. The van der Waals surface area contributed by atoms with Crippen LogP contribution in [0.2, 0.25) is 10.0 Å². The van der Waals surface area contributed by atoms with Gasteiger partial charge in [-0.1, -0.05) is 59.6 Å². The minimum atomic E-state index is -0.831. The lowest BCUT2D eigenvalue weighted by Gasteiger charge is -2.18. The number of nitrogens with one attached hydrogen (secondary N) is 1. The zero-order valence-electron chi connectivity index (χ0n) is 14.7. The average Bonchev–Trinajstić information content (AvgIpc) is 2.65. The fourth-order valence-corrected chi connectivity index (χ4v) is 3.72. The molecule has 138 valence electrons. The highest BCUT2D eigenvalue weighted by Gasteiger charge is 2.27. The fourth-order valence-electron chi connectivity index (χ4n) is 3.10. The first kappa shape index (κ1) is 19.4. The highest BCUT2D eigenvalue weighted by Crippen LogP contribution is 2.35. The molecule has 3 N–H and O–H groups in total. The topological polar surface area (TPSA) is 68.0 Å². The van der Waals surface area contributed by atoms with E-state index in [1.165, 1.54) is 0 Å². The molecular formula is C21H19Cl2N3O. The summed E-state index contributed by atoms with van der Waals surface area (Å²) in [7, 11) is 1.89. The van der Waals surface area contributed by atoms with Crippen LogP contribution in [0.25, 0.3) is 11.3 Å². The molecule has 1 aromatic heterocycles. The minimum Gasteiger partial charge on any atom is -0.369 e. The lowest BCUT2D eigenvalue weighted by molar-refractivity contribution is -0.118. The molecule has 0 saturated carbocycles. The standard InChI is InChI=1S/C21H19Cl2N3O/c1-25-12-13-6-2-3-7-14(13)17-10-5-11-18(26-17)20(21(24)27)19-15(22)8-4-9-16(19)23/h2-11,20,25H,12H2,1H3,(H2,24,27). The Labute approximate surface area is 168 Å². The van der Waals surface area contributed by atoms with Crippen LogP contribution in [0.3, 0.4) is 0 Å². The van der Waals surface area contributed by atoms with Crippen LogP contribution in [0.1, 0.15) is 22.7 Å². The molecule has 3 rings (SSSR count). The third kappa shape index (κ3) is 4.14. The number of nitrogens with two attached hydrogens (primary N) is 1. The zero-order valence-corrected chi connectivity index (χ0v) is 16.3. The Morgan fingerprint density at radius 1 is 1.04 bits per heavy atom. The monoisotopic (exact) mass is 399 g/mol. The quantitative estimate of drug-likeness (QED) is 0.645. The van der Waals surface area contributed by atoms with E-state index in [1.54, 1.807) is 24.3 Å². The summed E-state index contributed by atoms with van der Waals surface area (Å²) in [6.45, 7) is 0.706. The molecule has 4 nitrogen and oxygen atoms in total. The van der Waals surface area contributed by atoms with Gasteiger partial charge in [0.25, 0.3) is 0 Å². The van der Waals surface area contributed by atoms with Crippen molar-refractivity contribution in [2.75, 3.05) is 7.05 Å². The van der Waals surface area contributed by atoms with E-state index in [2.05, 4.69) is 5.32 Å². The lowest BCUT2D eigenvalue weighted by atomic mass is 9.93. The predicted octanol–water partition coefficient (Wildman–Crippen LogP) is 4.39. The smallest absolute Gasteiger partial charge is 0.231 e. The summed E-state index contributed by atoms with van der Waals surface area (Å²) in [5.74, 6) is -1.39. The summed E-state index contributed by atoms with van der Waals surface area (Å²) in [6.07, 6.45) is 0. The zero-order chi connectivity index (χ0) is 19.4. The second-order valence-corrected chi connectivity index (χ2v) is 6.92. The van der Waals surface area contributed by atoms with Gasteiger partial charge in [0.15, 0.2) is 0 Å². The lowest BCUT2D eigenvalue weighted by Crippen LogP contribution is -2.24. The number of nitrogens with zero attached hydrogens (tertiary/aromatic N) is 1. The second kappa shape index (κ2) is 8.53. The number of benzene rings is 2. The van der Waals surface area contributed by atoms with Crippen LogP contribution in [-0.4, -0.2) is 17.9 Å². The van der Waals surface area contributed by atoms with Crippen molar-refractivity contribution < 1.29 is 4.79 Å². The van der Waals surface area contributed by atoms with Gasteiger partial charge in [-0.2, -0.15) is 0 Å². The Kier molecular flexibility index (Phi) is 6.11. The van der Waals surface area contributed by atoms with E-state index in [0.717, 1.165) is 16.8 Å². The normalized spacial score (nSPS) is 12.0. The molecule has 0 fully saturated rings. The van der Waals surface area contributed by atoms with Gasteiger partial charge in [0.05, 0.1) is 11.4 Å². The molecule has 0 spiro atoms. The van der Waals surface area contributed by atoms with Crippen LogP contribution >= 0.6 is 23.2 Å². The van der Waals surface area contributed by atoms with Crippen molar-refractivity contribution in [2.45, 2.75) is 12.5 Å². The van der Waals surface area contributed by atoms with E-state index in [9.17, 15) is 4.79 Å². The van der Waals surface area contributed by atoms with Gasteiger partial charge in [-0.05, 0) is 36.9 Å². The van der Waals surface area contributed by atoms with Crippen molar-refractivity contribution in [2.24, 2.45) is 5.73 Å². The number of carbonyl (C=O) groups excluding carboxylic acids is 1. The maximum absolute atomic E-state index is 12.3. The van der Waals surface area contributed by atoms with Gasteiger partial charge >= 0.3 is 0 Å². The number of aromatic nitrogens is 1. The van der Waals surface area contributed by atoms with Gasteiger partial charge in [-0.3, -0.25) is 9.78 Å². The van der Waals surface area contributed by atoms with Crippen molar-refractivity contribution in [3.05, 3.63) is 87.5 Å². The van der Waals surface area contributed by atoms with Gasteiger partial charge in [0.1, 0.15) is 5.92 Å². The molecule has 2 aromatic carbocycles. The Morgan fingerprint density at radius 2 is 1.70 bits per heavy atom. The van der Waals surface area contributed by atoms with Crippen LogP contribution < -0.4 is 11.1 Å². The number of hydrogen-bond donors (Lipinski definition) is 2. The molecule has 0 aliphatic carbocycles. The third-order valence-electron chi connectivity index (χ3n) is 4.30. The molecule has 0 saturated heterocycles. The van der Waals surface area contributed by atoms with Gasteiger partial charge in [0.2, 0.25) is 5.91 Å². The Morgan fingerprint density at radius 3 is 2.37 bits per heavy atom. The van der Waals surface area contributed by atoms with Crippen molar-refractivity contribution >= 4 is 29.1 Å². The van der Waals surface area contributed by atoms with E-state index in [1.807, 2.05) is 43.4 Å². The molecule has 27 heavy (non-hydrogen) atoms. The molecule has 6 heteroatoms. The number of hydrogen-bond acceptors (Lipinski definition) is 3. The van der Waals surface area contributed by atoms with Crippen molar-refractivity contribution in [3.63, 3.8) is 0 Å². The van der Waals surface area contributed by atoms with Crippen molar-refractivity contribution in [1.82, 2.24) is 10.3 Å². The molecule has 1 amide bonds. The SMILES string of the molecule is CNCc1ccccc1-c1cccc(C(C(N)=O)c2c(Cl)cccc2Cl)n1. The molecule has 1 heterocycles. The summed E-state index contributed by atoms with van der Waals surface area (Å²) < 4.78 is 0. The Hall–Kier alpha value is -2.40. The van der Waals surface area contributed by atoms with E-state index in [4.69, 9.17) is 33.9 Å². The molecule has 0 aliphatic rings. The summed E-state index contributed by atoms with van der Waals surface area (Å²) >= 11 is 12.6.